The van der Waals surface area contributed by atoms with Gasteiger partial charge >= 0.3 is 0 Å². The van der Waals surface area contributed by atoms with Gasteiger partial charge in [-0.15, -0.1) is 5.10 Å². The molecule has 0 radical (unpaired) electrons. The minimum absolute atomic E-state index is 0.346. The fourth-order valence-corrected chi connectivity index (χ4v) is 2.55. The summed E-state index contributed by atoms with van der Waals surface area (Å²) in [6, 6.07) is 8.08. The summed E-state index contributed by atoms with van der Waals surface area (Å²) in [5.74, 6) is 0.987. The van der Waals surface area contributed by atoms with Crippen molar-refractivity contribution >= 4 is 11.6 Å². The van der Waals surface area contributed by atoms with E-state index in [9.17, 15) is 0 Å². The number of nitrogens with zero attached hydrogens (tertiary/aromatic N) is 3. The fourth-order valence-electron chi connectivity index (χ4n) is 2.36. The molecule has 4 nitrogen and oxygen atoms in total. The van der Waals surface area contributed by atoms with E-state index in [4.69, 9.17) is 11.6 Å². The Morgan fingerprint density at radius 3 is 2.71 bits per heavy atom. The van der Waals surface area contributed by atoms with E-state index < -0.39 is 0 Å². The molecule has 0 fully saturated rings. The van der Waals surface area contributed by atoms with Crippen LogP contribution in [0.5, 0.6) is 0 Å². The zero-order valence-corrected chi connectivity index (χ0v) is 13.6. The first-order chi connectivity index (χ1) is 10.0. The molecule has 1 heterocycles. The standard InChI is InChI=1S/C16H23ClN4/c1-12(2)9-18-10-14(8-16-11-21(3)20-19-16)13-5-4-6-15(17)7-13/h4-7,11-12,14,18H,8-10H2,1-3H3. The summed E-state index contributed by atoms with van der Waals surface area (Å²) >= 11 is 6.13. The van der Waals surface area contributed by atoms with Gasteiger partial charge in [0.1, 0.15) is 0 Å². The maximum Gasteiger partial charge on any atom is 0.0833 e. The van der Waals surface area contributed by atoms with Gasteiger partial charge in [-0.1, -0.05) is 42.8 Å². The van der Waals surface area contributed by atoms with Crippen LogP contribution in [0.4, 0.5) is 0 Å². The van der Waals surface area contributed by atoms with Gasteiger partial charge in [0.05, 0.1) is 5.69 Å². The van der Waals surface area contributed by atoms with E-state index in [1.807, 2.05) is 31.4 Å². The molecule has 1 N–H and O–H groups in total. The van der Waals surface area contributed by atoms with Crippen molar-refractivity contribution in [1.29, 1.82) is 0 Å². The second-order valence-electron chi connectivity index (χ2n) is 5.89. The molecule has 0 amide bonds. The lowest BCUT2D eigenvalue weighted by Crippen LogP contribution is -2.26. The van der Waals surface area contributed by atoms with Crippen LogP contribution in [-0.2, 0) is 13.5 Å². The quantitative estimate of drug-likeness (QED) is 0.855. The summed E-state index contributed by atoms with van der Waals surface area (Å²) in [5.41, 5.74) is 2.25. The van der Waals surface area contributed by atoms with Crippen LogP contribution in [0, 0.1) is 5.92 Å². The first-order valence-corrected chi connectivity index (χ1v) is 7.73. The normalized spacial score (nSPS) is 12.8. The minimum atomic E-state index is 0.346. The Kier molecular flexibility index (Phi) is 5.76. The Labute approximate surface area is 131 Å². The van der Waals surface area contributed by atoms with Gasteiger partial charge in [-0.3, -0.25) is 4.68 Å². The molecule has 0 aliphatic carbocycles. The highest BCUT2D eigenvalue weighted by molar-refractivity contribution is 6.30. The Hall–Kier alpha value is -1.39. The third kappa shape index (κ3) is 5.14. The molecule has 0 bridgehead atoms. The van der Waals surface area contributed by atoms with Crippen LogP contribution in [0.15, 0.2) is 30.5 Å². The molecule has 0 saturated heterocycles. The average Bonchev–Trinajstić information content (AvgIpc) is 2.83. The van der Waals surface area contributed by atoms with Gasteiger partial charge < -0.3 is 5.32 Å². The first kappa shape index (κ1) is 16.0. The molecular weight excluding hydrogens is 284 g/mol. The lowest BCUT2D eigenvalue weighted by molar-refractivity contribution is 0.512. The lowest BCUT2D eigenvalue weighted by atomic mass is 9.94. The van der Waals surface area contributed by atoms with Gasteiger partial charge in [-0.25, -0.2) is 0 Å². The largest absolute Gasteiger partial charge is 0.316 e. The second-order valence-corrected chi connectivity index (χ2v) is 6.33. The van der Waals surface area contributed by atoms with Crippen LogP contribution in [0.1, 0.15) is 31.0 Å². The van der Waals surface area contributed by atoms with Crippen LogP contribution in [0.2, 0.25) is 5.02 Å². The van der Waals surface area contributed by atoms with E-state index in [-0.39, 0.29) is 0 Å². The SMILES string of the molecule is CC(C)CNCC(Cc1cn(C)nn1)c1cccc(Cl)c1. The van der Waals surface area contributed by atoms with Crippen molar-refractivity contribution in [2.75, 3.05) is 13.1 Å². The highest BCUT2D eigenvalue weighted by Gasteiger charge is 2.15. The highest BCUT2D eigenvalue weighted by Crippen LogP contribution is 2.22. The molecule has 1 atom stereocenters. The molecule has 1 aromatic carbocycles. The topological polar surface area (TPSA) is 42.7 Å². The monoisotopic (exact) mass is 306 g/mol. The van der Waals surface area contributed by atoms with Crippen molar-refractivity contribution in [3.8, 4) is 0 Å². The molecule has 0 spiro atoms. The lowest BCUT2D eigenvalue weighted by Gasteiger charge is -2.18. The molecule has 5 heteroatoms. The van der Waals surface area contributed by atoms with Gasteiger partial charge in [0.15, 0.2) is 0 Å². The highest BCUT2D eigenvalue weighted by atomic mass is 35.5. The van der Waals surface area contributed by atoms with Gasteiger partial charge in [-0.05, 0) is 30.2 Å². The maximum absolute atomic E-state index is 6.13. The number of aromatic nitrogens is 3. The number of aryl methyl sites for hydroxylation is 1. The fraction of sp³-hybridized carbons (Fsp3) is 0.500. The van der Waals surface area contributed by atoms with Crippen molar-refractivity contribution < 1.29 is 0 Å². The van der Waals surface area contributed by atoms with Crippen LogP contribution in [0.3, 0.4) is 0 Å². The van der Waals surface area contributed by atoms with Crippen LogP contribution in [0.25, 0.3) is 0 Å². The van der Waals surface area contributed by atoms with Crippen LogP contribution >= 0.6 is 11.6 Å². The smallest absolute Gasteiger partial charge is 0.0833 e. The summed E-state index contributed by atoms with van der Waals surface area (Å²) in [6.45, 7) is 6.35. The third-order valence-electron chi connectivity index (χ3n) is 3.37. The molecule has 0 saturated carbocycles. The van der Waals surface area contributed by atoms with E-state index in [0.29, 0.717) is 11.8 Å². The average molecular weight is 307 g/mol. The third-order valence-corrected chi connectivity index (χ3v) is 3.60. The van der Waals surface area contributed by atoms with E-state index in [2.05, 4.69) is 35.5 Å². The number of halogens is 1. The molecule has 21 heavy (non-hydrogen) atoms. The molecule has 1 unspecified atom stereocenters. The van der Waals surface area contributed by atoms with Gasteiger partial charge in [-0.2, -0.15) is 0 Å². The van der Waals surface area contributed by atoms with Crippen molar-refractivity contribution in [3.05, 3.63) is 46.7 Å². The maximum atomic E-state index is 6.13. The van der Waals surface area contributed by atoms with E-state index in [0.717, 1.165) is 30.2 Å². The van der Waals surface area contributed by atoms with Crippen LogP contribution < -0.4 is 5.32 Å². The Morgan fingerprint density at radius 2 is 2.10 bits per heavy atom. The molecule has 2 aromatic rings. The molecule has 114 valence electrons. The van der Waals surface area contributed by atoms with Crippen molar-refractivity contribution in [1.82, 2.24) is 20.3 Å². The first-order valence-electron chi connectivity index (χ1n) is 7.36. The summed E-state index contributed by atoms with van der Waals surface area (Å²) in [7, 11) is 1.89. The van der Waals surface area contributed by atoms with E-state index >= 15 is 0 Å². The molecule has 1 aromatic heterocycles. The van der Waals surface area contributed by atoms with Crippen molar-refractivity contribution in [2.24, 2.45) is 13.0 Å². The van der Waals surface area contributed by atoms with Crippen molar-refractivity contribution in [2.45, 2.75) is 26.2 Å². The Morgan fingerprint density at radius 1 is 1.29 bits per heavy atom. The molecule has 0 aliphatic heterocycles. The zero-order valence-electron chi connectivity index (χ0n) is 12.9. The number of hydrogen-bond acceptors (Lipinski definition) is 3. The van der Waals surface area contributed by atoms with E-state index in [1.165, 1.54) is 5.56 Å². The molecular formula is C16H23ClN4. The number of benzene rings is 1. The number of rotatable bonds is 7. The summed E-state index contributed by atoms with van der Waals surface area (Å²) in [4.78, 5) is 0. The summed E-state index contributed by atoms with van der Waals surface area (Å²) in [5, 5.41) is 12.5. The predicted octanol–water partition coefficient (Wildman–Crippen LogP) is 3.04. The predicted molar refractivity (Wildman–Crippen MR) is 86.6 cm³/mol. The van der Waals surface area contributed by atoms with Crippen LogP contribution in [-0.4, -0.2) is 28.1 Å². The Balaban J connectivity index is 2.09. The number of hydrogen-bond donors (Lipinski definition) is 1. The van der Waals surface area contributed by atoms with E-state index in [1.54, 1.807) is 4.68 Å². The zero-order chi connectivity index (χ0) is 15.2. The molecule has 2 rings (SSSR count). The van der Waals surface area contributed by atoms with Gasteiger partial charge in [0.2, 0.25) is 0 Å². The van der Waals surface area contributed by atoms with Gasteiger partial charge in [0, 0.05) is 37.2 Å². The van der Waals surface area contributed by atoms with Crippen molar-refractivity contribution in [3.63, 3.8) is 0 Å². The summed E-state index contributed by atoms with van der Waals surface area (Å²) < 4.78 is 1.74. The Bertz CT molecular complexity index is 565. The number of nitrogens with one attached hydrogen (secondary N) is 1. The second kappa shape index (κ2) is 7.57. The minimum Gasteiger partial charge on any atom is -0.316 e. The van der Waals surface area contributed by atoms with Gasteiger partial charge in [0.25, 0.3) is 0 Å². The summed E-state index contributed by atoms with van der Waals surface area (Å²) in [6.07, 6.45) is 2.83. The molecule has 0 aliphatic rings.